The highest BCUT2D eigenvalue weighted by molar-refractivity contribution is 6.42. The van der Waals surface area contributed by atoms with E-state index in [0.29, 0.717) is 22.9 Å². The molecule has 5 heteroatoms. The van der Waals surface area contributed by atoms with Crippen molar-refractivity contribution in [2.75, 3.05) is 7.11 Å². The van der Waals surface area contributed by atoms with Crippen molar-refractivity contribution < 1.29 is 9.53 Å². The van der Waals surface area contributed by atoms with Crippen LogP contribution < -0.4 is 10.1 Å². The zero-order valence-corrected chi connectivity index (χ0v) is 15.7. The van der Waals surface area contributed by atoms with Crippen LogP contribution >= 0.6 is 23.2 Å². The van der Waals surface area contributed by atoms with E-state index < -0.39 is 0 Å². The van der Waals surface area contributed by atoms with Crippen molar-refractivity contribution >= 4 is 29.1 Å². The molecule has 132 valence electrons. The first-order valence-electron chi connectivity index (χ1n) is 8.47. The number of methoxy groups -OCH3 is 1. The number of halogens is 2. The van der Waals surface area contributed by atoms with Gasteiger partial charge in [0, 0.05) is 6.42 Å². The average Bonchev–Trinajstić information content (AvgIpc) is 2.62. The summed E-state index contributed by atoms with van der Waals surface area (Å²) in [7, 11) is 1.67. The summed E-state index contributed by atoms with van der Waals surface area (Å²) in [5, 5.41) is 4.22. The van der Waals surface area contributed by atoms with E-state index in [1.807, 2.05) is 18.2 Å². The Bertz CT molecular complexity index is 776. The zero-order chi connectivity index (χ0) is 17.8. The average molecular weight is 378 g/mol. The van der Waals surface area contributed by atoms with Crippen LogP contribution in [0.2, 0.25) is 10.0 Å². The number of amides is 1. The lowest BCUT2D eigenvalue weighted by Gasteiger charge is -2.27. The monoisotopic (exact) mass is 377 g/mol. The third kappa shape index (κ3) is 4.47. The van der Waals surface area contributed by atoms with Gasteiger partial charge in [0.2, 0.25) is 5.91 Å². The molecule has 0 saturated heterocycles. The van der Waals surface area contributed by atoms with Gasteiger partial charge in [0.1, 0.15) is 5.75 Å². The van der Waals surface area contributed by atoms with Gasteiger partial charge >= 0.3 is 0 Å². The van der Waals surface area contributed by atoms with Gasteiger partial charge in [0.15, 0.2) is 0 Å². The topological polar surface area (TPSA) is 38.3 Å². The molecule has 1 atom stereocenters. The predicted octanol–water partition coefficient (Wildman–Crippen LogP) is 5.13. The summed E-state index contributed by atoms with van der Waals surface area (Å²) >= 11 is 11.9. The molecule has 0 spiro atoms. The fourth-order valence-electron chi connectivity index (χ4n) is 3.29. The van der Waals surface area contributed by atoms with E-state index in [2.05, 4.69) is 17.4 Å². The molecule has 2 aromatic carbocycles. The summed E-state index contributed by atoms with van der Waals surface area (Å²) in [6.07, 6.45) is 4.14. The summed E-state index contributed by atoms with van der Waals surface area (Å²) in [6, 6.07) is 11.7. The number of carbonyl (C=O) groups excluding carboxylic acids is 1. The van der Waals surface area contributed by atoms with Crippen LogP contribution in [0.1, 0.15) is 42.0 Å². The Hall–Kier alpha value is -1.71. The Morgan fingerprint density at radius 3 is 2.80 bits per heavy atom. The molecule has 3 nitrogen and oxygen atoms in total. The van der Waals surface area contributed by atoms with E-state index in [0.717, 1.165) is 30.6 Å². The van der Waals surface area contributed by atoms with Crippen LogP contribution in [-0.2, 0) is 17.6 Å². The fraction of sp³-hybridized carbons (Fsp3) is 0.350. The van der Waals surface area contributed by atoms with Crippen molar-refractivity contribution in [1.29, 1.82) is 0 Å². The summed E-state index contributed by atoms with van der Waals surface area (Å²) in [6.45, 7) is 0. The van der Waals surface area contributed by atoms with Crippen LogP contribution in [-0.4, -0.2) is 13.0 Å². The summed E-state index contributed by atoms with van der Waals surface area (Å²) in [5.41, 5.74) is 3.48. The van der Waals surface area contributed by atoms with Crippen LogP contribution in [0.5, 0.6) is 5.75 Å². The minimum Gasteiger partial charge on any atom is -0.497 e. The molecule has 25 heavy (non-hydrogen) atoms. The molecule has 2 aromatic rings. The highest BCUT2D eigenvalue weighted by atomic mass is 35.5. The fourth-order valence-corrected chi connectivity index (χ4v) is 3.61. The normalized spacial score (nSPS) is 16.2. The van der Waals surface area contributed by atoms with Crippen molar-refractivity contribution in [2.45, 2.75) is 38.1 Å². The molecular weight excluding hydrogens is 357 g/mol. The molecule has 0 radical (unpaired) electrons. The first-order valence-corrected chi connectivity index (χ1v) is 9.22. The van der Waals surface area contributed by atoms with Crippen molar-refractivity contribution in [1.82, 2.24) is 5.32 Å². The van der Waals surface area contributed by atoms with E-state index >= 15 is 0 Å². The SMILES string of the molecule is COc1ccc2c(c1)CCC[C@H]2NC(=O)CCc1ccc(Cl)c(Cl)c1. The molecule has 3 rings (SSSR count). The van der Waals surface area contributed by atoms with Crippen LogP contribution in [0.15, 0.2) is 36.4 Å². The smallest absolute Gasteiger partial charge is 0.220 e. The van der Waals surface area contributed by atoms with Gasteiger partial charge in [-0.3, -0.25) is 4.79 Å². The second kappa shape index (κ2) is 8.11. The third-order valence-corrected chi connectivity index (χ3v) is 5.36. The van der Waals surface area contributed by atoms with Crippen LogP contribution in [0.25, 0.3) is 0 Å². The molecule has 0 aliphatic heterocycles. The number of ether oxygens (including phenoxy) is 1. The molecule has 0 saturated carbocycles. The van der Waals surface area contributed by atoms with Crippen molar-refractivity contribution in [3.8, 4) is 5.75 Å². The largest absolute Gasteiger partial charge is 0.497 e. The molecule has 0 heterocycles. The van der Waals surface area contributed by atoms with Crippen LogP contribution in [0, 0.1) is 0 Å². The number of hydrogen-bond acceptors (Lipinski definition) is 2. The van der Waals surface area contributed by atoms with E-state index in [1.54, 1.807) is 13.2 Å². The summed E-state index contributed by atoms with van der Waals surface area (Å²) < 4.78 is 5.29. The number of nitrogens with one attached hydrogen (secondary N) is 1. The maximum Gasteiger partial charge on any atom is 0.220 e. The highest BCUT2D eigenvalue weighted by Gasteiger charge is 2.22. The number of hydrogen-bond donors (Lipinski definition) is 1. The lowest BCUT2D eigenvalue weighted by molar-refractivity contribution is -0.121. The van der Waals surface area contributed by atoms with E-state index in [1.165, 1.54) is 11.1 Å². The van der Waals surface area contributed by atoms with Crippen molar-refractivity contribution in [2.24, 2.45) is 0 Å². The molecule has 0 fully saturated rings. The maximum absolute atomic E-state index is 12.4. The lowest BCUT2D eigenvalue weighted by Crippen LogP contribution is -2.31. The second-order valence-electron chi connectivity index (χ2n) is 6.33. The predicted molar refractivity (Wildman–Crippen MR) is 102 cm³/mol. The molecule has 0 aromatic heterocycles. The van der Waals surface area contributed by atoms with Gasteiger partial charge in [-0.1, -0.05) is 35.3 Å². The van der Waals surface area contributed by atoms with Crippen LogP contribution in [0.4, 0.5) is 0 Å². The Morgan fingerprint density at radius 1 is 1.20 bits per heavy atom. The lowest BCUT2D eigenvalue weighted by atomic mass is 9.87. The van der Waals surface area contributed by atoms with Crippen LogP contribution in [0.3, 0.4) is 0 Å². The molecule has 0 unspecified atom stereocenters. The Morgan fingerprint density at radius 2 is 2.04 bits per heavy atom. The molecule has 0 bridgehead atoms. The highest BCUT2D eigenvalue weighted by Crippen LogP contribution is 2.32. The molecule has 1 N–H and O–H groups in total. The number of rotatable bonds is 5. The van der Waals surface area contributed by atoms with Crippen molar-refractivity contribution in [3.63, 3.8) is 0 Å². The van der Waals surface area contributed by atoms with Gasteiger partial charge in [-0.2, -0.15) is 0 Å². The van der Waals surface area contributed by atoms with Gasteiger partial charge in [-0.25, -0.2) is 0 Å². The molecular formula is C20H21Cl2NO2. The number of aryl methyl sites for hydroxylation is 2. The van der Waals surface area contributed by atoms with Gasteiger partial charge in [-0.05, 0) is 66.6 Å². The first kappa shape index (κ1) is 18.1. The van der Waals surface area contributed by atoms with Gasteiger partial charge in [-0.15, -0.1) is 0 Å². The molecule has 1 amide bonds. The summed E-state index contributed by atoms with van der Waals surface area (Å²) in [5.74, 6) is 0.921. The number of carbonyl (C=O) groups is 1. The standard InChI is InChI=1S/C20H21Cl2NO2/c1-25-15-7-8-16-14(12-15)3-2-4-19(16)23-20(24)10-6-13-5-9-17(21)18(22)11-13/h5,7-9,11-12,19H,2-4,6,10H2,1H3,(H,23,24)/t19-/m1/s1. The van der Waals surface area contributed by atoms with E-state index in [4.69, 9.17) is 27.9 Å². The second-order valence-corrected chi connectivity index (χ2v) is 7.14. The van der Waals surface area contributed by atoms with E-state index in [9.17, 15) is 4.79 Å². The van der Waals surface area contributed by atoms with Crippen molar-refractivity contribution in [3.05, 3.63) is 63.1 Å². The maximum atomic E-state index is 12.4. The Kier molecular flexibility index (Phi) is 5.87. The minimum absolute atomic E-state index is 0.0553. The van der Waals surface area contributed by atoms with Gasteiger partial charge in [0.25, 0.3) is 0 Å². The minimum atomic E-state index is 0.0553. The molecule has 1 aliphatic carbocycles. The van der Waals surface area contributed by atoms with Gasteiger partial charge < -0.3 is 10.1 Å². The quantitative estimate of drug-likeness (QED) is 0.784. The Labute approximate surface area is 158 Å². The number of benzene rings is 2. The van der Waals surface area contributed by atoms with E-state index in [-0.39, 0.29) is 11.9 Å². The number of fused-ring (bicyclic) bond motifs is 1. The zero-order valence-electron chi connectivity index (χ0n) is 14.1. The Balaban J connectivity index is 1.61. The molecule has 1 aliphatic rings. The first-order chi connectivity index (χ1) is 12.1. The third-order valence-electron chi connectivity index (χ3n) is 4.62. The summed E-state index contributed by atoms with van der Waals surface area (Å²) in [4.78, 5) is 12.4. The van der Waals surface area contributed by atoms with Gasteiger partial charge in [0.05, 0.1) is 23.2 Å².